The smallest absolute Gasteiger partial charge is 0.270 e. The van der Waals surface area contributed by atoms with E-state index in [9.17, 15) is 9.90 Å². The van der Waals surface area contributed by atoms with Crippen molar-refractivity contribution in [2.75, 3.05) is 6.54 Å². The van der Waals surface area contributed by atoms with Crippen LogP contribution in [0.25, 0.3) is 10.2 Å². The van der Waals surface area contributed by atoms with Gasteiger partial charge in [-0.1, -0.05) is 12.8 Å². The second-order valence-electron chi connectivity index (χ2n) is 7.39. The van der Waals surface area contributed by atoms with E-state index in [2.05, 4.69) is 10.3 Å². The minimum Gasteiger partial charge on any atom is -0.457 e. The molecule has 2 atom stereocenters. The summed E-state index contributed by atoms with van der Waals surface area (Å²) in [5.74, 6) is 1.35. The summed E-state index contributed by atoms with van der Waals surface area (Å²) in [5.41, 5.74) is 1.27. The number of benzene rings is 1. The molecule has 0 unspecified atom stereocenters. The molecule has 2 N–H and O–H groups in total. The standard InChI is InChI=1S/C22H25N3O3S/c1-2-23-22(27)18-12-16(9-10-24-18)28-15-7-8-17-20(13-15)29-21(25-17)11-14-5-3-4-6-19(14)26/h7-10,12-14,19,26H,2-6,11H2,1H3,(H,23,27)/t14-,19+/m0/s1. The molecule has 4 rings (SSSR count). The predicted octanol–water partition coefficient (Wildman–Crippen LogP) is 4.33. The minimum absolute atomic E-state index is 0.208. The van der Waals surface area contributed by atoms with E-state index in [1.165, 1.54) is 6.42 Å². The summed E-state index contributed by atoms with van der Waals surface area (Å²) < 4.78 is 7.01. The van der Waals surface area contributed by atoms with Gasteiger partial charge < -0.3 is 15.2 Å². The van der Waals surface area contributed by atoms with Crippen LogP contribution in [0.5, 0.6) is 11.5 Å². The fourth-order valence-corrected chi connectivity index (χ4v) is 4.83. The molecule has 1 aliphatic rings. The van der Waals surface area contributed by atoms with Gasteiger partial charge in [0.2, 0.25) is 0 Å². The van der Waals surface area contributed by atoms with Gasteiger partial charge in [0.25, 0.3) is 5.91 Å². The maximum atomic E-state index is 12.0. The van der Waals surface area contributed by atoms with Crippen LogP contribution in [-0.4, -0.2) is 33.6 Å². The van der Waals surface area contributed by atoms with Gasteiger partial charge in [-0.2, -0.15) is 0 Å². The van der Waals surface area contributed by atoms with Gasteiger partial charge in [0.05, 0.1) is 21.3 Å². The second-order valence-corrected chi connectivity index (χ2v) is 8.51. The molecule has 0 spiro atoms. The number of hydrogen-bond donors (Lipinski definition) is 2. The normalized spacial score (nSPS) is 19.2. The maximum Gasteiger partial charge on any atom is 0.270 e. The highest BCUT2D eigenvalue weighted by Gasteiger charge is 2.24. The Morgan fingerprint density at radius 3 is 2.90 bits per heavy atom. The molecule has 2 heterocycles. The molecule has 1 fully saturated rings. The van der Waals surface area contributed by atoms with E-state index in [0.29, 0.717) is 29.7 Å². The Kier molecular flexibility index (Phi) is 6.06. The van der Waals surface area contributed by atoms with Gasteiger partial charge in [-0.05, 0) is 43.9 Å². The highest BCUT2D eigenvalue weighted by atomic mass is 32.1. The molecular weight excluding hydrogens is 386 g/mol. The van der Waals surface area contributed by atoms with Crippen molar-refractivity contribution < 1.29 is 14.6 Å². The van der Waals surface area contributed by atoms with E-state index in [1.807, 2.05) is 25.1 Å². The highest BCUT2D eigenvalue weighted by Crippen LogP contribution is 2.33. The van der Waals surface area contributed by atoms with Crippen molar-refractivity contribution in [2.24, 2.45) is 5.92 Å². The topological polar surface area (TPSA) is 84.3 Å². The molecule has 6 nitrogen and oxygen atoms in total. The third kappa shape index (κ3) is 4.74. The quantitative estimate of drug-likeness (QED) is 0.631. The highest BCUT2D eigenvalue weighted by molar-refractivity contribution is 7.18. The summed E-state index contributed by atoms with van der Waals surface area (Å²) in [6.45, 7) is 2.42. The number of pyridine rings is 1. The number of ether oxygens (including phenoxy) is 1. The Hall–Kier alpha value is -2.51. The summed E-state index contributed by atoms with van der Waals surface area (Å²) in [7, 11) is 0. The number of aliphatic hydroxyl groups excluding tert-OH is 1. The third-order valence-corrected chi connectivity index (χ3v) is 6.29. The van der Waals surface area contributed by atoms with Crippen LogP contribution in [0.2, 0.25) is 0 Å². The molecule has 1 amide bonds. The average molecular weight is 412 g/mol. The lowest BCUT2D eigenvalue weighted by atomic mass is 9.84. The fourth-order valence-electron chi connectivity index (χ4n) is 3.74. The average Bonchev–Trinajstić information content (AvgIpc) is 3.12. The van der Waals surface area contributed by atoms with Crippen molar-refractivity contribution in [1.82, 2.24) is 15.3 Å². The minimum atomic E-state index is -0.217. The summed E-state index contributed by atoms with van der Waals surface area (Å²) in [6.07, 6.45) is 6.47. The van der Waals surface area contributed by atoms with E-state index in [1.54, 1.807) is 29.7 Å². The number of carbonyl (C=O) groups excluding carboxylic acids is 1. The summed E-state index contributed by atoms with van der Waals surface area (Å²) in [5, 5.41) is 14.0. The number of aromatic nitrogens is 2. The maximum absolute atomic E-state index is 12.0. The van der Waals surface area contributed by atoms with Crippen molar-refractivity contribution in [2.45, 2.75) is 45.1 Å². The monoisotopic (exact) mass is 411 g/mol. The second kappa shape index (κ2) is 8.88. The zero-order valence-electron chi connectivity index (χ0n) is 16.4. The third-order valence-electron chi connectivity index (χ3n) is 5.25. The van der Waals surface area contributed by atoms with Crippen molar-refractivity contribution in [3.8, 4) is 11.5 Å². The summed E-state index contributed by atoms with van der Waals surface area (Å²) >= 11 is 1.65. The molecular formula is C22H25N3O3S. The first kappa shape index (κ1) is 19.8. The van der Waals surface area contributed by atoms with Crippen LogP contribution in [0.4, 0.5) is 0 Å². The Bertz CT molecular complexity index is 1000. The Morgan fingerprint density at radius 2 is 2.07 bits per heavy atom. The molecule has 1 aliphatic carbocycles. The van der Waals surface area contributed by atoms with E-state index < -0.39 is 0 Å². The van der Waals surface area contributed by atoms with Gasteiger partial charge in [-0.25, -0.2) is 4.98 Å². The lowest BCUT2D eigenvalue weighted by Crippen LogP contribution is -2.26. The Labute approximate surface area is 174 Å². The van der Waals surface area contributed by atoms with E-state index in [4.69, 9.17) is 9.72 Å². The van der Waals surface area contributed by atoms with Crippen LogP contribution < -0.4 is 10.1 Å². The first-order chi connectivity index (χ1) is 14.1. The summed E-state index contributed by atoms with van der Waals surface area (Å²) in [6, 6.07) is 9.18. The fraction of sp³-hybridized carbons (Fsp3) is 0.409. The van der Waals surface area contributed by atoms with Gasteiger partial charge in [0.15, 0.2) is 0 Å². The predicted molar refractivity (Wildman–Crippen MR) is 114 cm³/mol. The molecule has 0 bridgehead atoms. The van der Waals surface area contributed by atoms with Crippen molar-refractivity contribution in [1.29, 1.82) is 0 Å². The van der Waals surface area contributed by atoms with Crippen molar-refractivity contribution >= 4 is 27.5 Å². The van der Waals surface area contributed by atoms with Crippen LogP contribution >= 0.6 is 11.3 Å². The molecule has 3 aromatic rings. The Balaban J connectivity index is 1.49. The Morgan fingerprint density at radius 1 is 1.24 bits per heavy atom. The van der Waals surface area contributed by atoms with Crippen molar-refractivity contribution in [3.63, 3.8) is 0 Å². The number of amides is 1. The van der Waals surface area contributed by atoms with Crippen molar-refractivity contribution in [3.05, 3.63) is 47.2 Å². The molecule has 29 heavy (non-hydrogen) atoms. The molecule has 0 aliphatic heterocycles. The number of hydrogen-bond acceptors (Lipinski definition) is 6. The number of nitrogens with zero attached hydrogens (tertiary/aromatic N) is 2. The molecule has 152 valence electrons. The molecule has 1 aromatic carbocycles. The first-order valence-corrected chi connectivity index (χ1v) is 10.9. The molecule has 0 saturated heterocycles. The lowest BCUT2D eigenvalue weighted by Gasteiger charge is -2.26. The van der Waals surface area contributed by atoms with E-state index in [0.717, 1.165) is 40.9 Å². The first-order valence-electron chi connectivity index (χ1n) is 10.1. The number of fused-ring (bicyclic) bond motifs is 1. The number of carbonyl (C=O) groups is 1. The van der Waals surface area contributed by atoms with Gasteiger partial charge in [0, 0.05) is 31.3 Å². The molecule has 0 radical (unpaired) electrons. The molecule has 7 heteroatoms. The van der Waals surface area contributed by atoms with Gasteiger partial charge in [-0.3, -0.25) is 9.78 Å². The van der Waals surface area contributed by atoms with Crippen LogP contribution in [0, 0.1) is 5.92 Å². The SMILES string of the molecule is CCNC(=O)c1cc(Oc2ccc3nc(C[C@@H]4CCCC[C@H]4O)sc3c2)ccn1. The molecule has 1 saturated carbocycles. The number of thiazole rings is 1. The molecule has 2 aromatic heterocycles. The van der Waals surface area contributed by atoms with E-state index in [-0.39, 0.29) is 12.0 Å². The largest absolute Gasteiger partial charge is 0.457 e. The number of rotatable bonds is 6. The van der Waals surface area contributed by atoms with Crippen LogP contribution in [-0.2, 0) is 6.42 Å². The van der Waals surface area contributed by atoms with Crippen LogP contribution in [0.1, 0.15) is 48.1 Å². The zero-order chi connectivity index (χ0) is 20.2. The number of aliphatic hydroxyl groups is 1. The van der Waals surface area contributed by atoms with Gasteiger partial charge >= 0.3 is 0 Å². The van der Waals surface area contributed by atoms with Gasteiger partial charge in [0.1, 0.15) is 17.2 Å². The summed E-state index contributed by atoms with van der Waals surface area (Å²) in [4.78, 5) is 20.8. The lowest BCUT2D eigenvalue weighted by molar-refractivity contribution is 0.0700. The van der Waals surface area contributed by atoms with Gasteiger partial charge in [-0.15, -0.1) is 11.3 Å². The van der Waals surface area contributed by atoms with E-state index >= 15 is 0 Å². The number of nitrogens with one attached hydrogen (secondary N) is 1. The van der Waals surface area contributed by atoms with Crippen LogP contribution in [0.3, 0.4) is 0 Å². The van der Waals surface area contributed by atoms with Crippen LogP contribution in [0.15, 0.2) is 36.5 Å². The zero-order valence-corrected chi connectivity index (χ0v) is 17.2.